The van der Waals surface area contributed by atoms with Crippen molar-refractivity contribution < 1.29 is 14.9 Å². The number of fused-ring (bicyclic) bond motifs is 2. The first-order valence-electron chi connectivity index (χ1n) is 10.4. The highest BCUT2D eigenvalue weighted by atomic mass is 16.5. The Balaban J connectivity index is 1.31. The molecule has 5 unspecified atom stereocenters. The minimum absolute atomic E-state index is 0.147. The Kier molecular flexibility index (Phi) is 3.92. The van der Waals surface area contributed by atoms with Crippen LogP contribution < -0.4 is 5.73 Å². The van der Waals surface area contributed by atoms with E-state index in [0.717, 1.165) is 22.0 Å². The molecule has 4 N–H and O–H groups in total. The molecule has 9 nitrogen and oxygen atoms in total. The van der Waals surface area contributed by atoms with Gasteiger partial charge in [-0.05, 0) is 36.6 Å². The summed E-state index contributed by atoms with van der Waals surface area (Å²) in [6, 6.07) is 7.69. The lowest BCUT2D eigenvalue weighted by atomic mass is 9.80. The van der Waals surface area contributed by atoms with Crippen LogP contribution in [0.5, 0.6) is 0 Å². The molecule has 3 aromatic heterocycles. The number of imidazole rings is 1. The summed E-state index contributed by atoms with van der Waals surface area (Å²) in [7, 11) is 1.97. The highest BCUT2D eigenvalue weighted by Crippen LogP contribution is 2.54. The van der Waals surface area contributed by atoms with Crippen molar-refractivity contribution in [1.82, 2.24) is 24.1 Å². The number of aryl methyl sites for hydroxylation is 1. The molecule has 1 spiro atoms. The summed E-state index contributed by atoms with van der Waals surface area (Å²) in [6.07, 6.45) is 4.34. The van der Waals surface area contributed by atoms with Crippen LogP contribution >= 0.6 is 0 Å². The number of rotatable bonds is 2. The van der Waals surface area contributed by atoms with Gasteiger partial charge in [0.2, 0.25) is 0 Å². The maximum absolute atomic E-state index is 11.1. The zero-order valence-corrected chi connectivity index (χ0v) is 17.1. The number of aliphatic hydroxyl groups is 2. The van der Waals surface area contributed by atoms with Gasteiger partial charge < -0.3 is 29.8 Å². The largest absolute Gasteiger partial charge is 0.390 e. The number of nitrogens with zero attached hydrogens (tertiary/aromatic N) is 5. The lowest BCUT2D eigenvalue weighted by Crippen LogP contribution is -2.37. The standard InChI is InChI=1S/C22H24N6O3/c1-27-11-26-14-6-12(2-3-15(14)27)17-8-22(9-31-17)7-16(18(29)19(22)30)28-5-4-13-20(23)24-10-25-21(13)28/h2-6,10-11,16-19,29-30H,7-9H2,1H3,(H2,23,24,25). The van der Waals surface area contributed by atoms with Crippen LogP contribution in [-0.2, 0) is 11.8 Å². The van der Waals surface area contributed by atoms with Crippen molar-refractivity contribution in [2.75, 3.05) is 12.3 Å². The van der Waals surface area contributed by atoms with Crippen LogP contribution in [0.2, 0.25) is 0 Å². The molecule has 1 saturated carbocycles. The van der Waals surface area contributed by atoms with E-state index < -0.39 is 17.6 Å². The molecule has 5 atom stereocenters. The molecule has 1 aromatic carbocycles. The molecule has 31 heavy (non-hydrogen) atoms. The summed E-state index contributed by atoms with van der Waals surface area (Å²) < 4.78 is 10.1. The average Bonchev–Trinajstić information content (AvgIpc) is 3.53. The van der Waals surface area contributed by atoms with Gasteiger partial charge in [-0.25, -0.2) is 15.0 Å². The van der Waals surface area contributed by atoms with E-state index in [1.807, 2.05) is 40.6 Å². The smallest absolute Gasteiger partial charge is 0.145 e. The highest BCUT2D eigenvalue weighted by molar-refractivity contribution is 5.86. The van der Waals surface area contributed by atoms with Crippen LogP contribution in [-0.4, -0.2) is 53.1 Å². The van der Waals surface area contributed by atoms with Gasteiger partial charge in [0, 0.05) is 18.7 Å². The van der Waals surface area contributed by atoms with Crippen molar-refractivity contribution in [3.8, 4) is 0 Å². The van der Waals surface area contributed by atoms with Crippen LogP contribution in [0, 0.1) is 5.41 Å². The number of nitrogen functional groups attached to an aromatic ring is 1. The Bertz CT molecular complexity index is 1300. The van der Waals surface area contributed by atoms with Crippen LogP contribution in [0.3, 0.4) is 0 Å². The number of anilines is 1. The first-order chi connectivity index (χ1) is 15.0. The minimum Gasteiger partial charge on any atom is -0.390 e. The van der Waals surface area contributed by atoms with Crippen LogP contribution in [0.1, 0.15) is 30.6 Å². The molecule has 0 amide bonds. The second-order valence-electron chi connectivity index (χ2n) is 8.90. The third-order valence-corrected chi connectivity index (χ3v) is 7.14. The maximum atomic E-state index is 11.1. The van der Waals surface area contributed by atoms with E-state index in [2.05, 4.69) is 21.0 Å². The summed E-state index contributed by atoms with van der Waals surface area (Å²) in [5, 5.41) is 22.8. The fourth-order valence-corrected chi connectivity index (χ4v) is 5.42. The summed E-state index contributed by atoms with van der Waals surface area (Å²) in [4.78, 5) is 12.8. The molecule has 1 aliphatic carbocycles. The molecule has 4 aromatic rings. The Morgan fingerprint density at radius 2 is 2.03 bits per heavy atom. The van der Waals surface area contributed by atoms with Gasteiger partial charge in [-0.3, -0.25) is 0 Å². The zero-order valence-electron chi connectivity index (χ0n) is 17.1. The molecular weight excluding hydrogens is 396 g/mol. The predicted molar refractivity (Wildman–Crippen MR) is 114 cm³/mol. The van der Waals surface area contributed by atoms with Crippen molar-refractivity contribution in [3.05, 3.63) is 48.7 Å². The maximum Gasteiger partial charge on any atom is 0.145 e. The van der Waals surface area contributed by atoms with E-state index in [0.29, 0.717) is 30.9 Å². The van der Waals surface area contributed by atoms with Crippen LogP contribution in [0.4, 0.5) is 5.82 Å². The van der Waals surface area contributed by atoms with Gasteiger partial charge in [-0.1, -0.05) is 6.07 Å². The Morgan fingerprint density at radius 1 is 1.16 bits per heavy atom. The summed E-state index contributed by atoms with van der Waals surface area (Å²) in [5.74, 6) is 0.403. The van der Waals surface area contributed by atoms with Gasteiger partial charge in [-0.15, -0.1) is 0 Å². The monoisotopic (exact) mass is 420 g/mol. The predicted octanol–water partition coefficient (Wildman–Crippen LogP) is 1.71. The quantitative estimate of drug-likeness (QED) is 0.451. The molecule has 1 aliphatic heterocycles. The summed E-state index contributed by atoms with van der Waals surface area (Å²) in [5.41, 5.74) is 9.13. The molecule has 2 fully saturated rings. The summed E-state index contributed by atoms with van der Waals surface area (Å²) in [6.45, 7) is 0.392. The van der Waals surface area contributed by atoms with Gasteiger partial charge in [0.1, 0.15) is 23.9 Å². The number of benzene rings is 1. The molecule has 9 heteroatoms. The van der Waals surface area contributed by atoms with E-state index >= 15 is 0 Å². The Labute approximate surface area is 178 Å². The Hall–Kier alpha value is -3.01. The number of hydrogen-bond acceptors (Lipinski definition) is 7. The van der Waals surface area contributed by atoms with Crippen molar-refractivity contribution in [2.24, 2.45) is 12.5 Å². The van der Waals surface area contributed by atoms with E-state index in [9.17, 15) is 10.2 Å². The topological polar surface area (TPSA) is 124 Å². The molecule has 0 radical (unpaired) electrons. The van der Waals surface area contributed by atoms with Crippen LogP contribution in [0.25, 0.3) is 22.1 Å². The lowest BCUT2D eigenvalue weighted by molar-refractivity contribution is -0.0309. The molecule has 0 bridgehead atoms. The number of hydrogen-bond donors (Lipinski definition) is 3. The van der Waals surface area contributed by atoms with E-state index in [1.54, 1.807) is 6.33 Å². The van der Waals surface area contributed by atoms with Gasteiger partial charge in [0.25, 0.3) is 0 Å². The van der Waals surface area contributed by atoms with Crippen LogP contribution in [0.15, 0.2) is 43.1 Å². The van der Waals surface area contributed by atoms with E-state index in [-0.39, 0.29) is 12.1 Å². The van der Waals surface area contributed by atoms with Gasteiger partial charge in [0.15, 0.2) is 0 Å². The van der Waals surface area contributed by atoms with Crippen molar-refractivity contribution >= 4 is 27.9 Å². The van der Waals surface area contributed by atoms with Gasteiger partial charge in [0.05, 0.1) is 47.6 Å². The number of aromatic nitrogens is 5. The second-order valence-corrected chi connectivity index (χ2v) is 8.90. The zero-order chi connectivity index (χ0) is 21.3. The average molecular weight is 420 g/mol. The molecule has 1 saturated heterocycles. The SMILES string of the molecule is Cn1cnc2cc(C3CC4(CO3)CC(n3ccc5c(N)ncnc53)C(O)C4O)ccc21. The van der Waals surface area contributed by atoms with E-state index in [1.165, 1.54) is 6.33 Å². The first-order valence-corrected chi connectivity index (χ1v) is 10.4. The molecule has 2 aliphatic rings. The fraction of sp³-hybridized carbons (Fsp3) is 0.409. The van der Waals surface area contributed by atoms with Crippen molar-refractivity contribution in [3.63, 3.8) is 0 Å². The normalized spacial score (nSPS) is 30.8. The Morgan fingerprint density at radius 3 is 2.90 bits per heavy atom. The van der Waals surface area contributed by atoms with Crippen molar-refractivity contribution in [1.29, 1.82) is 0 Å². The van der Waals surface area contributed by atoms with E-state index in [4.69, 9.17) is 10.5 Å². The molecular formula is C22H24N6O3. The second kappa shape index (κ2) is 6.49. The first kappa shape index (κ1) is 18.7. The van der Waals surface area contributed by atoms with Gasteiger partial charge in [-0.2, -0.15) is 0 Å². The molecule has 160 valence electrons. The summed E-state index contributed by atoms with van der Waals surface area (Å²) >= 11 is 0. The van der Waals surface area contributed by atoms with Gasteiger partial charge >= 0.3 is 0 Å². The molecule has 4 heterocycles. The third-order valence-electron chi connectivity index (χ3n) is 7.14. The number of nitrogens with two attached hydrogens (primary N) is 1. The number of ether oxygens (including phenoxy) is 1. The third kappa shape index (κ3) is 2.63. The minimum atomic E-state index is -0.924. The highest BCUT2D eigenvalue weighted by Gasteiger charge is 2.57. The fourth-order valence-electron chi connectivity index (χ4n) is 5.42. The number of aliphatic hydroxyl groups excluding tert-OH is 2. The lowest BCUT2D eigenvalue weighted by Gasteiger charge is -2.26. The van der Waals surface area contributed by atoms with Crippen molar-refractivity contribution in [2.45, 2.75) is 37.2 Å². The molecule has 6 rings (SSSR count).